The van der Waals surface area contributed by atoms with Crippen LogP contribution in [0.4, 0.5) is 5.95 Å². The maximum Gasteiger partial charge on any atom is 0.223 e. The van der Waals surface area contributed by atoms with Crippen LogP contribution >= 0.6 is 0 Å². The number of ether oxygens (including phenoxy) is 1. The van der Waals surface area contributed by atoms with Crippen LogP contribution in [0.3, 0.4) is 0 Å². The second-order valence-corrected chi connectivity index (χ2v) is 4.94. The molecular weight excluding hydrogens is 274 g/mol. The number of rotatable bonds is 6. The highest BCUT2D eigenvalue weighted by atomic mass is 16.5. The monoisotopic (exact) mass is 295 g/mol. The van der Waals surface area contributed by atoms with E-state index in [1.165, 1.54) is 0 Å². The molecular formula is C18H21N3O. The topological polar surface area (TPSA) is 47.0 Å². The first-order chi connectivity index (χ1) is 10.7. The lowest BCUT2D eigenvalue weighted by molar-refractivity contribution is 0.410. The Hall–Kier alpha value is -2.62. The molecule has 4 nitrogen and oxygen atoms in total. The van der Waals surface area contributed by atoms with Gasteiger partial charge in [-0.3, -0.25) is 0 Å². The third-order valence-electron chi connectivity index (χ3n) is 3.23. The molecule has 0 radical (unpaired) electrons. The summed E-state index contributed by atoms with van der Waals surface area (Å²) in [6.45, 7) is 8.48. The Morgan fingerprint density at radius 1 is 1.36 bits per heavy atom. The number of hydrogen-bond donors (Lipinski definition) is 1. The lowest BCUT2D eigenvalue weighted by atomic mass is 10.1. The molecule has 0 unspecified atom stereocenters. The van der Waals surface area contributed by atoms with Gasteiger partial charge in [0, 0.05) is 23.9 Å². The highest BCUT2D eigenvalue weighted by molar-refractivity contribution is 5.69. The fourth-order valence-electron chi connectivity index (χ4n) is 2.12. The van der Waals surface area contributed by atoms with Crippen molar-refractivity contribution in [1.29, 1.82) is 0 Å². The second kappa shape index (κ2) is 7.41. The Morgan fingerprint density at radius 3 is 2.82 bits per heavy atom. The van der Waals surface area contributed by atoms with Gasteiger partial charge in [-0.1, -0.05) is 30.9 Å². The van der Waals surface area contributed by atoms with Crippen LogP contribution in [0.5, 0.6) is 5.75 Å². The van der Waals surface area contributed by atoms with E-state index < -0.39 is 0 Å². The van der Waals surface area contributed by atoms with E-state index in [9.17, 15) is 0 Å². The molecule has 1 aromatic carbocycles. The standard InChI is InChI=1S/C18H21N3O/c1-5-8-16-15(13(2)3)12-20-18(21-16)19-11-14-9-6-7-10-17(14)22-4/h5-10,12H,2,11H2,1,3-4H3,(H,19,20,21)/b8-5-. The van der Waals surface area contributed by atoms with E-state index >= 15 is 0 Å². The third-order valence-corrected chi connectivity index (χ3v) is 3.23. The molecule has 2 rings (SSSR count). The van der Waals surface area contributed by atoms with Crippen LogP contribution in [-0.4, -0.2) is 17.1 Å². The average molecular weight is 295 g/mol. The van der Waals surface area contributed by atoms with Crippen LogP contribution in [0.25, 0.3) is 11.6 Å². The number of anilines is 1. The second-order valence-electron chi connectivity index (χ2n) is 4.94. The van der Waals surface area contributed by atoms with E-state index in [1.807, 2.05) is 50.3 Å². The summed E-state index contributed by atoms with van der Waals surface area (Å²) >= 11 is 0. The molecule has 0 amide bonds. The first kappa shape index (κ1) is 15.8. The first-order valence-electron chi connectivity index (χ1n) is 7.17. The molecule has 0 saturated carbocycles. The Bertz CT molecular complexity index is 692. The van der Waals surface area contributed by atoms with Gasteiger partial charge in [0.1, 0.15) is 5.75 Å². The zero-order valence-electron chi connectivity index (χ0n) is 13.3. The molecule has 1 heterocycles. The van der Waals surface area contributed by atoms with Crippen molar-refractivity contribution in [2.75, 3.05) is 12.4 Å². The molecule has 0 atom stereocenters. The number of benzene rings is 1. The Labute approximate surface area is 131 Å². The van der Waals surface area contributed by atoms with Crippen molar-refractivity contribution in [3.63, 3.8) is 0 Å². The van der Waals surface area contributed by atoms with Gasteiger partial charge in [0.15, 0.2) is 0 Å². The quantitative estimate of drug-likeness (QED) is 0.869. The van der Waals surface area contributed by atoms with E-state index in [-0.39, 0.29) is 0 Å². The lowest BCUT2D eigenvalue weighted by Crippen LogP contribution is -2.06. The summed E-state index contributed by atoms with van der Waals surface area (Å²) in [6.07, 6.45) is 5.72. The molecule has 0 spiro atoms. The van der Waals surface area contributed by atoms with Crippen molar-refractivity contribution in [2.24, 2.45) is 0 Å². The number of hydrogen-bond acceptors (Lipinski definition) is 4. The molecule has 0 saturated heterocycles. The van der Waals surface area contributed by atoms with Crippen LogP contribution in [0.2, 0.25) is 0 Å². The Morgan fingerprint density at radius 2 is 2.14 bits per heavy atom. The van der Waals surface area contributed by atoms with E-state index in [2.05, 4.69) is 21.9 Å². The number of para-hydroxylation sites is 1. The van der Waals surface area contributed by atoms with Gasteiger partial charge in [-0.15, -0.1) is 0 Å². The van der Waals surface area contributed by atoms with E-state index in [1.54, 1.807) is 13.3 Å². The van der Waals surface area contributed by atoms with Gasteiger partial charge < -0.3 is 10.1 Å². The molecule has 0 bridgehead atoms. The predicted octanol–water partition coefficient (Wildman–Crippen LogP) is 4.16. The van der Waals surface area contributed by atoms with Gasteiger partial charge in [-0.05, 0) is 31.6 Å². The number of aromatic nitrogens is 2. The van der Waals surface area contributed by atoms with Crippen LogP contribution < -0.4 is 10.1 Å². The Kier molecular flexibility index (Phi) is 5.31. The molecule has 4 heteroatoms. The van der Waals surface area contributed by atoms with E-state index in [4.69, 9.17) is 4.74 Å². The maximum atomic E-state index is 5.34. The van der Waals surface area contributed by atoms with Gasteiger partial charge in [-0.2, -0.15) is 0 Å². The minimum atomic E-state index is 0.587. The molecule has 0 aliphatic heterocycles. The summed E-state index contributed by atoms with van der Waals surface area (Å²) in [7, 11) is 1.67. The average Bonchev–Trinajstić information content (AvgIpc) is 2.53. The van der Waals surface area contributed by atoms with Crippen LogP contribution in [-0.2, 0) is 6.54 Å². The van der Waals surface area contributed by atoms with Gasteiger partial charge in [0.25, 0.3) is 0 Å². The van der Waals surface area contributed by atoms with Crippen molar-refractivity contribution >= 4 is 17.6 Å². The maximum absolute atomic E-state index is 5.34. The lowest BCUT2D eigenvalue weighted by Gasteiger charge is -2.11. The molecule has 2 aromatic rings. The van der Waals surface area contributed by atoms with E-state index in [0.29, 0.717) is 12.5 Å². The Balaban J connectivity index is 2.20. The van der Waals surface area contributed by atoms with Gasteiger partial charge >= 0.3 is 0 Å². The molecule has 1 aromatic heterocycles. The molecule has 0 aliphatic rings. The minimum Gasteiger partial charge on any atom is -0.496 e. The summed E-state index contributed by atoms with van der Waals surface area (Å²) in [6, 6.07) is 7.88. The van der Waals surface area contributed by atoms with Gasteiger partial charge in [0.2, 0.25) is 5.95 Å². The van der Waals surface area contributed by atoms with Crippen LogP contribution in [0.1, 0.15) is 30.7 Å². The molecule has 114 valence electrons. The minimum absolute atomic E-state index is 0.587. The summed E-state index contributed by atoms with van der Waals surface area (Å²) < 4.78 is 5.34. The van der Waals surface area contributed by atoms with Crippen molar-refractivity contribution in [3.8, 4) is 5.75 Å². The SMILES string of the molecule is C=C(C)c1cnc(NCc2ccccc2OC)nc1/C=C\C. The number of methoxy groups -OCH3 is 1. The fourth-order valence-corrected chi connectivity index (χ4v) is 2.12. The number of nitrogens with one attached hydrogen (secondary N) is 1. The summed E-state index contributed by atoms with van der Waals surface area (Å²) in [5.41, 5.74) is 3.84. The summed E-state index contributed by atoms with van der Waals surface area (Å²) in [5, 5.41) is 3.23. The van der Waals surface area contributed by atoms with Crippen molar-refractivity contribution in [3.05, 3.63) is 59.9 Å². The molecule has 1 N–H and O–H groups in total. The van der Waals surface area contributed by atoms with Crippen molar-refractivity contribution in [1.82, 2.24) is 9.97 Å². The number of nitrogens with zero attached hydrogens (tertiary/aromatic N) is 2. The fraction of sp³-hybridized carbons (Fsp3) is 0.222. The van der Waals surface area contributed by atoms with Crippen LogP contribution in [0, 0.1) is 0 Å². The highest BCUT2D eigenvalue weighted by Gasteiger charge is 2.07. The van der Waals surface area contributed by atoms with Crippen molar-refractivity contribution in [2.45, 2.75) is 20.4 Å². The van der Waals surface area contributed by atoms with Gasteiger partial charge in [-0.25, -0.2) is 9.97 Å². The third kappa shape index (κ3) is 3.73. The number of allylic oxidation sites excluding steroid dienone is 2. The smallest absolute Gasteiger partial charge is 0.223 e. The summed E-state index contributed by atoms with van der Waals surface area (Å²) in [4.78, 5) is 8.90. The normalized spacial score (nSPS) is 10.7. The zero-order chi connectivity index (χ0) is 15.9. The molecule has 0 fully saturated rings. The zero-order valence-corrected chi connectivity index (χ0v) is 13.3. The van der Waals surface area contributed by atoms with Gasteiger partial charge in [0.05, 0.1) is 12.8 Å². The predicted molar refractivity (Wildman–Crippen MR) is 91.8 cm³/mol. The van der Waals surface area contributed by atoms with E-state index in [0.717, 1.165) is 28.1 Å². The van der Waals surface area contributed by atoms with Crippen molar-refractivity contribution < 1.29 is 4.74 Å². The molecule has 22 heavy (non-hydrogen) atoms. The highest BCUT2D eigenvalue weighted by Crippen LogP contribution is 2.20. The summed E-state index contributed by atoms with van der Waals surface area (Å²) in [5.74, 6) is 1.44. The van der Waals surface area contributed by atoms with Crippen LogP contribution in [0.15, 0.2) is 43.1 Å². The molecule has 0 aliphatic carbocycles. The largest absolute Gasteiger partial charge is 0.496 e. The first-order valence-corrected chi connectivity index (χ1v) is 7.17.